The number of hydrogen-bond acceptors (Lipinski definition) is 12. The van der Waals surface area contributed by atoms with Crippen molar-refractivity contribution in [1.29, 1.82) is 0 Å². The number of anilines is 3. The van der Waals surface area contributed by atoms with Gasteiger partial charge in [-0.1, -0.05) is 0 Å². The van der Waals surface area contributed by atoms with Gasteiger partial charge in [-0.2, -0.15) is 13.2 Å². The predicted octanol–water partition coefficient (Wildman–Crippen LogP) is 5.33. The zero-order chi connectivity index (χ0) is 40.2. The average molecular weight is 788 g/mol. The van der Waals surface area contributed by atoms with E-state index in [9.17, 15) is 32.3 Å². The van der Waals surface area contributed by atoms with Gasteiger partial charge in [0.2, 0.25) is 11.8 Å². The fourth-order valence-corrected chi connectivity index (χ4v) is 7.78. The Morgan fingerprint density at radius 3 is 2.37 bits per heavy atom. The van der Waals surface area contributed by atoms with E-state index >= 15 is 0 Å². The third-order valence-electron chi connectivity index (χ3n) is 10.7. The highest BCUT2D eigenvalue weighted by atomic mass is 19.4. The summed E-state index contributed by atoms with van der Waals surface area (Å²) in [6.45, 7) is 5.57. The molecule has 0 spiro atoms. The number of carbonyl (C=O) groups excluding carboxylic acids is 4. The van der Waals surface area contributed by atoms with Crippen LogP contribution in [0.3, 0.4) is 0 Å². The lowest BCUT2D eigenvalue weighted by atomic mass is 10.0. The Kier molecular flexibility index (Phi) is 9.87. The lowest BCUT2D eigenvalue weighted by Gasteiger charge is -2.34. The van der Waals surface area contributed by atoms with Crippen LogP contribution in [-0.2, 0) is 20.5 Å². The number of aromatic nitrogens is 2. The number of benzene rings is 3. The van der Waals surface area contributed by atoms with Crippen LogP contribution in [-0.4, -0.2) is 83.0 Å². The van der Waals surface area contributed by atoms with Crippen molar-refractivity contribution >= 4 is 51.7 Å². The fraction of sp³-hybridized carbons (Fsp3) is 0.400. The molecule has 4 aliphatic rings. The molecule has 0 saturated carbocycles. The van der Waals surface area contributed by atoms with E-state index in [1.807, 2.05) is 0 Å². The molecule has 0 radical (unpaired) electrons. The van der Waals surface area contributed by atoms with Crippen LogP contribution < -0.4 is 30.7 Å². The number of ether oxygens (including phenoxy) is 3. The molecule has 1 aromatic heterocycles. The highest BCUT2D eigenvalue weighted by Crippen LogP contribution is 2.40. The summed E-state index contributed by atoms with van der Waals surface area (Å²) in [6, 6.07) is 10.5. The summed E-state index contributed by atoms with van der Waals surface area (Å²) in [7, 11) is 0. The van der Waals surface area contributed by atoms with Gasteiger partial charge in [-0.25, -0.2) is 9.97 Å². The van der Waals surface area contributed by atoms with Gasteiger partial charge in [-0.15, -0.1) is 0 Å². The van der Waals surface area contributed by atoms with Crippen molar-refractivity contribution in [3.8, 4) is 11.5 Å². The molecule has 4 aromatic rings. The highest BCUT2D eigenvalue weighted by Gasteiger charge is 2.45. The number of aryl methyl sites for hydroxylation is 1. The van der Waals surface area contributed by atoms with Gasteiger partial charge in [-0.3, -0.25) is 29.4 Å². The van der Waals surface area contributed by atoms with Gasteiger partial charge in [0.05, 0.1) is 41.5 Å². The van der Waals surface area contributed by atoms with E-state index in [1.54, 1.807) is 44.2 Å². The van der Waals surface area contributed by atoms with Crippen LogP contribution in [0, 0.1) is 6.92 Å². The molecule has 14 nitrogen and oxygen atoms in total. The summed E-state index contributed by atoms with van der Waals surface area (Å²) in [5.74, 6) is -0.435. The Hall–Kier alpha value is -5.97. The predicted molar refractivity (Wildman–Crippen MR) is 201 cm³/mol. The third-order valence-corrected chi connectivity index (χ3v) is 10.7. The van der Waals surface area contributed by atoms with Crippen LogP contribution in [0.4, 0.5) is 30.4 Å². The van der Waals surface area contributed by atoms with Crippen molar-refractivity contribution in [3.63, 3.8) is 0 Å². The zero-order valence-electron chi connectivity index (χ0n) is 31.2. The van der Waals surface area contributed by atoms with Crippen LogP contribution in [0.25, 0.3) is 10.9 Å². The summed E-state index contributed by atoms with van der Waals surface area (Å²) in [6.07, 6.45) is -2.96. The molecule has 0 bridgehead atoms. The standard InChI is InChI=1S/C40H40F3N7O7/c1-20(22-13-23(40(41,42)43)15-24(44)14-22)45-36-30-17-33(57-27-9-12-55-19-27)34(18-31(30)46-21(2)47-36)56-26-7-10-49(11-8-26)25-3-4-28-29(16-25)39(54)50(38(28)53)32-5-6-35(51)48-37(32)52/h3-4,13-18,20,26-27,32H,5-12,19,44H2,1-2H3,(H,45,46,47)(H,48,51,52)/t20-,27+,32?/m1/s1. The molecule has 3 atom stereocenters. The molecule has 298 valence electrons. The largest absolute Gasteiger partial charge is 0.486 e. The number of nitrogen functional groups attached to an aromatic ring is 1. The van der Waals surface area contributed by atoms with Gasteiger partial charge in [0.25, 0.3) is 11.8 Å². The Morgan fingerprint density at radius 1 is 0.912 bits per heavy atom. The minimum atomic E-state index is -4.56. The molecular weight excluding hydrogens is 747 g/mol. The Labute approximate surface area is 324 Å². The van der Waals surface area contributed by atoms with E-state index in [1.165, 1.54) is 6.07 Å². The molecule has 4 N–H and O–H groups in total. The van der Waals surface area contributed by atoms with Crippen molar-refractivity contribution in [2.24, 2.45) is 0 Å². The summed E-state index contributed by atoms with van der Waals surface area (Å²) < 4.78 is 59.4. The smallest absolute Gasteiger partial charge is 0.416 e. The van der Waals surface area contributed by atoms with Crippen LogP contribution in [0.1, 0.15) is 82.7 Å². The summed E-state index contributed by atoms with van der Waals surface area (Å²) in [4.78, 5) is 63.1. The van der Waals surface area contributed by atoms with Crippen LogP contribution in [0.15, 0.2) is 48.5 Å². The molecule has 4 aliphatic heterocycles. The molecule has 8 rings (SSSR count). The van der Waals surface area contributed by atoms with E-state index in [0.717, 1.165) is 22.7 Å². The number of alkyl halides is 3. The van der Waals surface area contributed by atoms with E-state index in [0.29, 0.717) is 85.2 Å². The molecule has 5 heterocycles. The van der Waals surface area contributed by atoms with Crippen LogP contribution >= 0.6 is 0 Å². The fourth-order valence-electron chi connectivity index (χ4n) is 7.78. The Balaban J connectivity index is 1.00. The number of rotatable bonds is 9. The molecule has 3 fully saturated rings. The van der Waals surface area contributed by atoms with Gasteiger partial charge >= 0.3 is 6.18 Å². The Morgan fingerprint density at radius 2 is 1.65 bits per heavy atom. The van der Waals surface area contributed by atoms with Gasteiger partial charge in [0, 0.05) is 61.6 Å². The number of piperidine rings is 2. The summed E-state index contributed by atoms with van der Waals surface area (Å²) in [5, 5.41) is 6.06. The number of nitrogens with two attached hydrogens (primary N) is 1. The van der Waals surface area contributed by atoms with Gasteiger partial charge < -0.3 is 30.2 Å². The second-order valence-corrected chi connectivity index (χ2v) is 14.8. The second kappa shape index (κ2) is 14.8. The molecule has 3 saturated heterocycles. The van der Waals surface area contributed by atoms with Crippen LogP contribution in [0.5, 0.6) is 11.5 Å². The minimum Gasteiger partial charge on any atom is -0.486 e. The first-order valence-electron chi connectivity index (χ1n) is 18.8. The monoisotopic (exact) mass is 787 g/mol. The third kappa shape index (κ3) is 7.62. The molecule has 17 heteroatoms. The maximum Gasteiger partial charge on any atom is 0.416 e. The molecule has 3 aromatic carbocycles. The van der Waals surface area contributed by atoms with Crippen molar-refractivity contribution in [2.45, 2.75) is 76.4 Å². The molecule has 1 unspecified atom stereocenters. The molecular formula is C40H40F3N7O7. The normalized spacial score (nSPS) is 20.9. The summed E-state index contributed by atoms with van der Waals surface area (Å²) >= 11 is 0. The van der Waals surface area contributed by atoms with Crippen molar-refractivity contribution in [2.75, 3.05) is 42.3 Å². The Bertz CT molecular complexity index is 2290. The van der Waals surface area contributed by atoms with E-state index in [4.69, 9.17) is 19.9 Å². The van der Waals surface area contributed by atoms with E-state index in [-0.39, 0.29) is 41.9 Å². The first-order chi connectivity index (χ1) is 27.2. The topological polar surface area (TPSA) is 178 Å². The lowest BCUT2D eigenvalue weighted by molar-refractivity contribution is -0.138. The SMILES string of the molecule is Cc1nc(N[C@H](C)c2cc(N)cc(C(F)(F)F)c2)c2cc(O[C@H]3CCOC3)c(OC3CCN(c4ccc5c(c4)C(=O)N(C4CCC(=O)NC4=O)C5=O)CC3)cc2n1. The van der Waals surface area contributed by atoms with Crippen molar-refractivity contribution in [3.05, 3.63) is 76.6 Å². The first kappa shape index (κ1) is 37.9. The zero-order valence-corrected chi connectivity index (χ0v) is 31.2. The van der Waals surface area contributed by atoms with Crippen molar-refractivity contribution < 1.29 is 46.6 Å². The van der Waals surface area contributed by atoms with Gasteiger partial charge in [0.15, 0.2) is 11.5 Å². The average Bonchev–Trinajstić information content (AvgIpc) is 3.77. The quantitative estimate of drug-likeness (QED) is 0.147. The van der Waals surface area contributed by atoms with Crippen LogP contribution in [0.2, 0.25) is 0 Å². The van der Waals surface area contributed by atoms with Gasteiger partial charge in [0.1, 0.15) is 29.9 Å². The number of nitrogens with zero attached hydrogens (tertiary/aromatic N) is 4. The van der Waals surface area contributed by atoms with Gasteiger partial charge in [-0.05, 0) is 68.3 Å². The molecule has 57 heavy (non-hydrogen) atoms. The maximum atomic E-state index is 13.6. The molecule has 4 amide bonds. The van der Waals surface area contributed by atoms with E-state index < -0.39 is 47.5 Å². The number of amides is 4. The number of nitrogens with one attached hydrogen (secondary N) is 2. The van der Waals surface area contributed by atoms with E-state index in [2.05, 4.69) is 25.5 Å². The summed E-state index contributed by atoms with van der Waals surface area (Å²) in [5.41, 5.74) is 7.09. The number of hydrogen-bond donors (Lipinski definition) is 3. The first-order valence-corrected chi connectivity index (χ1v) is 18.8. The molecule has 0 aliphatic carbocycles. The minimum absolute atomic E-state index is 0.00321. The highest BCUT2D eigenvalue weighted by molar-refractivity contribution is 6.23. The maximum absolute atomic E-state index is 13.6. The second-order valence-electron chi connectivity index (χ2n) is 14.8. The number of fused-ring (bicyclic) bond motifs is 2. The number of halogens is 3. The lowest BCUT2D eigenvalue weighted by Crippen LogP contribution is -2.54. The number of carbonyl (C=O) groups is 4. The van der Waals surface area contributed by atoms with Crippen molar-refractivity contribution in [1.82, 2.24) is 20.2 Å². The number of imide groups is 2.